The summed E-state index contributed by atoms with van der Waals surface area (Å²) in [6.45, 7) is 0.722. The van der Waals surface area contributed by atoms with Gasteiger partial charge in [-0.3, -0.25) is 0 Å². The van der Waals surface area contributed by atoms with E-state index in [2.05, 4.69) is 6.07 Å². The number of nitriles is 1. The first-order valence-corrected chi connectivity index (χ1v) is 4.87. The number of fused-ring (bicyclic) bond motifs is 1. The van der Waals surface area contributed by atoms with E-state index < -0.39 is 0 Å². The zero-order valence-corrected chi connectivity index (χ0v) is 8.60. The van der Waals surface area contributed by atoms with Crippen molar-refractivity contribution in [2.45, 2.75) is 6.42 Å². The average molecular weight is 200 g/mol. The molecular formula is C12H12N2O. The van der Waals surface area contributed by atoms with Crippen molar-refractivity contribution in [1.82, 2.24) is 0 Å². The summed E-state index contributed by atoms with van der Waals surface area (Å²) in [6.07, 6.45) is 2.26. The predicted molar refractivity (Wildman–Crippen MR) is 59.7 cm³/mol. The maximum Gasteiger partial charge on any atom is 0.136 e. The molecule has 0 radical (unpaired) electrons. The Balaban J connectivity index is 2.32. The van der Waals surface area contributed by atoms with E-state index in [0.29, 0.717) is 6.42 Å². The summed E-state index contributed by atoms with van der Waals surface area (Å²) in [7, 11) is 1.97. The lowest BCUT2D eigenvalue weighted by Crippen LogP contribution is -2.17. The van der Waals surface area contributed by atoms with Gasteiger partial charge in [0.05, 0.1) is 18.2 Å². The molecule has 0 atom stereocenters. The predicted octanol–water partition coefficient (Wildman–Crippen LogP) is 2.78. The highest BCUT2D eigenvalue weighted by atomic mass is 16.3. The molecule has 1 heterocycles. The molecular weight excluding hydrogens is 188 g/mol. The molecule has 0 spiro atoms. The van der Waals surface area contributed by atoms with Gasteiger partial charge in [0.25, 0.3) is 0 Å². The van der Waals surface area contributed by atoms with Gasteiger partial charge < -0.3 is 9.32 Å². The van der Waals surface area contributed by atoms with Gasteiger partial charge in [-0.15, -0.1) is 0 Å². The fourth-order valence-electron chi connectivity index (χ4n) is 1.60. The van der Waals surface area contributed by atoms with Crippen LogP contribution in [0, 0.1) is 11.3 Å². The van der Waals surface area contributed by atoms with Crippen LogP contribution in [0.25, 0.3) is 11.0 Å². The van der Waals surface area contributed by atoms with Crippen LogP contribution in [-0.4, -0.2) is 13.6 Å². The van der Waals surface area contributed by atoms with Crippen molar-refractivity contribution in [2.75, 3.05) is 18.5 Å². The van der Waals surface area contributed by atoms with Gasteiger partial charge in [0.1, 0.15) is 11.8 Å². The quantitative estimate of drug-likeness (QED) is 0.764. The monoisotopic (exact) mass is 200 g/mol. The van der Waals surface area contributed by atoms with Crippen LogP contribution in [0.1, 0.15) is 6.42 Å². The standard InChI is InChI=1S/C12H12N2O/c1-14(8-4-7-13)11-9-15-12-6-3-2-5-10(11)12/h2-3,5-6,9H,4,8H2,1H3. The van der Waals surface area contributed by atoms with Crippen molar-refractivity contribution in [1.29, 1.82) is 5.26 Å². The molecule has 0 aliphatic heterocycles. The normalized spacial score (nSPS) is 10.1. The third-order valence-corrected chi connectivity index (χ3v) is 2.43. The SMILES string of the molecule is CN(CCC#N)c1coc2ccccc12. The van der Waals surface area contributed by atoms with Crippen molar-refractivity contribution in [2.24, 2.45) is 0 Å². The molecule has 1 aromatic heterocycles. The summed E-state index contributed by atoms with van der Waals surface area (Å²) in [6, 6.07) is 10.0. The Labute approximate surface area is 88.5 Å². The minimum atomic E-state index is 0.524. The Morgan fingerprint density at radius 2 is 2.20 bits per heavy atom. The zero-order chi connectivity index (χ0) is 10.7. The maximum absolute atomic E-state index is 8.53. The van der Waals surface area contributed by atoms with Gasteiger partial charge in [-0.2, -0.15) is 5.26 Å². The van der Waals surface area contributed by atoms with Gasteiger partial charge in [-0.25, -0.2) is 0 Å². The first-order chi connectivity index (χ1) is 7.33. The highest BCUT2D eigenvalue weighted by Gasteiger charge is 2.08. The van der Waals surface area contributed by atoms with Crippen molar-refractivity contribution in [3.63, 3.8) is 0 Å². The number of rotatable bonds is 3. The second-order valence-corrected chi connectivity index (χ2v) is 3.45. The van der Waals surface area contributed by atoms with Crippen molar-refractivity contribution >= 4 is 16.7 Å². The summed E-state index contributed by atoms with van der Waals surface area (Å²) in [5, 5.41) is 9.62. The second kappa shape index (κ2) is 4.05. The lowest BCUT2D eigenvalue weighted by atomic mass is 10.2. The molecule has 0 saturated heterocycles. The lowest BCUT2D eigenvalue weighted by Gasteiger charge is -2.15. The van der Waals surface area contributed by atoms with Crippen molar-refractivity contribution < 1.29 is 4.42 Å². The number of para-hydroxylation sites is 1. The third-order valence-electron chi connectivity index (χ3n) is 2.43. The van der Waals surface area contributed by atoms with Crippen LogP contribution in [0.3, 0.4) is 0 Å². The van der Waals surface area contributed by atoms with Crippen molar-refractivity contribution in [3.8, 4) is 6.07 Å². The number of benzene rings is 1. The molecule has 3 nitrogen and oxygen atoms in total. The average Bonchev–Trinajstić information content (AvgIpc) is 2.69. The molecule has 2 aromatic rings. The smallest absolute Gasteiger partial charge is 0.136 e. The van der Waals surface area contributed by atoms with Crippen LogP contribution in [0.5, 0.6) is 0 Å². The van der Waals surface area contributed by atoms with Crippen LogP contribution >= 0.6 is 0 Å². The van der Waals surface area contributed by atoms with E-state index in [1.165, 1.54) is 0 Å². The number of hydrogen-bond donors (Lipinski definition) is 0. The Morgan fingerprint density at radius 1 is 1.40 bits per heavy atom. The fourth-order valence-corrected chi connectivity index (χ4v) is 1.60. The van der Waals surface area contributed by atoms with E-state index in [1.807, 2.05) is 36.2 Å². The zero-order valence-electron chi connectivity index (χ0n) is 8.60. The molecule has 76 valence electrons. The van der Waals surface area contributed by atoms with Crippen LogP contribution in [-0.2, 0) is 0 Å². The number of nitrogens with zero attached hydrogens (tertiary/aromatic N) is 2. The van der Waals surface area contributed by atoms with Gasteiger partial charge in [0.15, 0.2) is 0 Å². The highest BCUT2D eigenvalue weighted by Crippen LogP contribution is 2.27. The molecule has 0 unspecified atom stereocenters. The summed E-state index contributed by atoms with van der Waals surface area (Å²) in [4.78, 5) is 2.04. The molecule has 15 heavy (non-hydrogen) atoms. The number of furan rings is 1. The van der Waals surface area contributed by atoms with Gasteiger partial charge in [0.2, 0.25) is 0 Å². The Kier molecular flexibility index (Phi) is 2.59. The van der Waals surface area contributed by atoms with Crippen LogP contribution < -0.4 is 4.90 Å². The van der Waals surface area contributed by atoms with E-state index in [9.17, 15) is 0 Å². The van der Waals surface area contributed by atoms with Crippen LogP contribution in [0.2, 0.25) is 0 Å². The summed E-state index contributed by atoms with van der Waals surface area (Å²) in [5.41, 5.74) is 1.93. The second-order valence-electron chi connectivity index (χ2n) is 3.45. The summed E-state index contributed by atoms with van der Waals surface area (Å²) >= 11 is 0. The first-order valence-electron chi connectivity index (χ1n) is 4.87. The van der Waals surface area contributed by atoms with Crippen molar-refractivity contribution in [3.05, 3.63) is 30.5 Å². The highest BCUT2D eigenvalue weighted by molar-refractivity contribution is 5.90. The molecule has 0 bridgehead atoms. The van der Waals surface area contributed by atoms with E-state index in [4.69, 9.17) is 9.68 Å². The largest absolute Gasteiger partial charge is 0.462 e. The molecule has 0 amide bonds. The third kappa shape index (κ3) is 1.79. The first kappa shape index (κ1) is 9.60. The Morgan fingerprint density at radius 3 is 3.00 bits per heavy atom. The number of hydrogen-bond acceptors (Lipinski definition) is 3. The van der Waals surface area contributed by atoms with Gasteiger partial charge in [0, 0.05) is 19.0 Å². The Bertz CT molecular complexity index is 496. The molecule has 0 N–H and O–H groups in total. The van der Waals surface area contributed by atoms with Crippen LogP contribution in [0.15, 0.2) is 34.9 Å². The van der Waals surface area contributed by atoms with Crippen LogP contribution in [0.4, 0.5) is 5.69 Å². The van der Waals surface area contributed by atoms with E-state index in [0.717, 1.165) is 23.2 Å². The summed E-state index contributed by atoms with van der Waals surface area (Å²) < 4.78 is 5.43. The maximum atomic E-state index is 8.53. The topological polar surface area (TPSA) is 40.2 Å². The minimum Gasteiger partial charge on any atom is -0.462 e. The van der Waals surface area contributed by atoms with E-state index in [1.54, 1.807) is 6.26 Å². The van der Waals surface area contributed by atoms with Gasteiger partial charge in [-0.05, 0) is 12.1 Å². The number of anilines is 1. The molecule has 0 fully saturated rings. The minimum absolute atomic E-state index is 0.524. The lowest BCUT2D eigenvalue weighted by molar-refractivity contribution is 0.614. The molecule has 1 aromatic carbocycles. The molecule has 2 rings (SSSR count). The Hall–Kier alpha value is -1.95. The van der Waals surface area contributed by atoms with E-state index in [-0.39, 0.29) is 0 Å². The fraction of sp³-hybridized carbons (Fsp3) is 0.250. The molecule has 0 aliphatic rings. The molecule has 0 aliphatic carbocycles. The summed E-state index contributed by atoms with van der Waals surface area (Å²) in [5.74, 6) is 0. The van der Waals surface area contributed by atoms with Gasteiger partial charge >= 0.3 is 0 Å². The molecule has 3 heteroatoms. The van der Waals surface area contributed by atoms with E-state index >= 15 is 0 Å². The van der Waals surface area contributed by atoms with Gasteiger partial charge in [-0.1, -0.05) is 12.1 Å². The molecule has 0 saturated carbocycles.